The van der Waals surface area contributed by atoms with Gasteiger partial charge in [0.15, 0.2) is 0 Å². The number of hydrogen-bond donors (Lipinski definition) is 1. The summed E-state index contributed by atoms with van der Waals surface area (Å²) in [6.07, 6.45) is 4.09. The molecule has 0 radical (unpaired) electrons. The van der Waals surface area contributed by atoms with Crippen LogP contribution >= 0.6 is 35.0 Å². The van der Waals surface area contributed by atoms with E-state index in [1.807, 2.05) is 12.1 Å². The molecular formula is C13H17Cl2NS. The molecule has 1 aliphatic rings. The highest BCUT2D eigenvalue weighted by Gasteiger charge is 2.13. The largest absolute Gasteiger partial charge is 0.312 e. The number of nitrogens with one attached hydrogen (secondary N) is 1. The van der Waals surface area contributed by atoms with Crippen LogP contribution in [0.1, 0.15) is 24.8 Å². The number of halogens is 2. The Hall–Kier alpha value is 0.110. The van der Waals surface area contributed by atoms with Crippen LogP contribution in [0.15, 0.2) is 18.2 Å². The number of benzene rings is 1. The van der Waals surface area contributed by atoms with Crippen LogP contribution < -0.4 is 5.32 Å². The van der Waals surface area contributed by atoms with Gasteiger partial charge in [0, 0.05) is 28.4 Å². The average molecular weight is 290 g/mol. The third kappa shape index (κ3) is 4.36. The highest BCUT2D eigenvalue weighted by atomic mass is 35.5. The molecule has 2 rings (SSSR count). The predicted molar refractivity (Wildman–Crippen MR) is 78.3 cm³/mol. The van der Waals surface area contributed by atoms with Crippen molar-refractivity contribution in [3.05, 3.63) is 33.8 Å². The molecule has 0 saturated carbocycles. The highest BCUT2D eigenvalue weighted by molar-refractivity contribution is 7.99. The predicted octanol–water partition coefficient (Wildman–Crippen LogP) is 4.37. The van der Waals surface area contributed by atoms with Crippen LogP contribution in [0.3, 0.4) is 0 Å². The molecule has 1 aromatic carbocycles. The van der Waals surface area contributed by atoms with Gasteiger partial charge < -0.3 is 5.32 Å². The summed E-state index contributed by atoms with van der Waals surface area (Å²) in [5.74, 6) is 1.31. The zero-order valence-electron chi connectivity index (χ0n) is 9.72. The Balaban J connectivity index is 1.77. The second kappa shape index (κ2) is 6.89. The second-order valence-electron chi connectivity index (χ2n) is 4.36. The first-order valence-electron chi connectivity index (χ1n) is 6.02. The maximum Gasteiger partial charge on any atom is 0.0465 e. The average Bonchev–Trinajstić information content (AvgIpc) is 2.33. The van der Waals surface area contributed by atoms with E-state index in [4.69, 9.17) is 23.2 Å². The van der Waals surface area contributed by atoms with Gasteiger partial charge in [0.25, 0.3) is 0 Å². The van der Waals surface area contributed by atoms with Gasteiger partial charge in [0.2, 0.25) is 0 Å². The van der Waals surface area contributed by atoms with Gasteiger partial charge >= 0.3 is 0 Å². The zero-order chi connectivity index (χ0) is 12.1. The summed E-state index contributed by atoms with van der Waals surface area (Å²) in [5.41, 5.74) is 1.12. The summed E-state index contributed by atoms with van der Waals surface area (Å²) in [5, 5.41) is 5.70. The maximum absolute atomic E-state index is 6.12. The Morgan fingerprint density at radius 1 is 1.29 bits per heavy atom. The van der Waals surface area contributed by atoms with Gasteiger partial charge in [-0.2, -0.15) is 11.8 Å². The van der Waals surface area contributed by atoms with Crippen molar-refractivity contribution >= 4 is 35.0 Å². The molecule has 1 heterocycles. The molecule has 94 valence electrons. The third-order valence-corrected chi connectivity index (χ3v) is 4.96. The first kappa shape index (κ1) is 13.5. The molecule has 1 fully saturated rings. The molecular weight excluding hydrogens is 273 g/mol. The fourth-order valence-electron chi connectivity index (χ4n) is 2.00. The molecule has 0 bridgehead atoms. The van der Waals surface area contributed by atoms with Gasteiger partial charge in [-0.15, -0.1) is 0 Å². The molecule has 0 aromatic heterocycles. The lowest BCUT2D eigenvalue weighted by Crippen LogP contribution is -2.26. The van der Waals surface area contributed by atoms with Crippen LogP contribution in [-0.4, -0.2) is 17.5 Å². The van der Waals surface area contributed by atoms with Gasteiger partial charge in [0.05, 0.1) is 0 Å². The molecule has 1 aliphatic heterocycles. The van der Waals surface area contributed by atoms with Crippen molar-refractivity contribution in [3.63, 3.8) is 0 Å². The van der Waals surface area contributed by atoms with E-state index in [1.54, 1.807) is 6.07 Å². The fourth-order valence-corrected chi connectivity index (χ4v) is 3.75. The normalized spacial score (nSPS) is 20.5. The van der Waals surface area contributed by atoms with E-state index in [0.717, 1.165) is 28.9 Å². The van der Waals surface area contributed by atoms with Gasteiger partial charge in [-0.05, 0) is 36.3 Å². The van der Waals surface area contributed by atoms with E-state index in [0.29, 0.717) is 5.02 Å². The van der Waals surface area contributed by atoms with E-state index < -0.39 is 0 Å². The van der Waals surface area contributed by atoms with Crippen molar-refractivity contribution in [3.8, 4) is 0 Å². The van der Waals surface area contributed by atoms with E-state index in [9.17, 15) is 0 Å². The molecule has 17 heavy (non-hydrogen) atoms. The van der Waals surface area contributed by atoms with E-state index >= 15 is 0 Å². The minimum atomic E-state index is 0.696. The Morgan fingerprint density at radius 2 is 2.18 bits per heavy atom. The standard InChI is InChI=1S/C13H17Cl2NS/c14-11-5-4-10(13(15)7-11)8-16-9-12-3-1-2-6-17-12/h4-5,7,12,16H,1-3,6,8-9H2. The first-order chi connectivity index (χ1) is 8.25. The summed E-state index contributed by atoms with van der Waals surface area (Å²) in [4.78, 5) is 0. The van der Waals surface area contributed by atoms with Crippen molar-refractivity contribution < 1.29 is 0 Å². The number of rotatable bonds is 4. The van der Waals surface area contributed by atoms with Crippen LogP contribution in [0.2, 0.25) is 10.0 Å². The monoisotopic (exact) mass is 289 g/mol. The molecule has 0 amide bonds. The summed E-state index contributed by atoms with van der Waals surface area (Å²) in [6.45, 7) is 1.90. The van der Waals surface area contributed by atoms with E-state index in [2.05, 4.69) is 17.1 Å². The van der Waals surface area contributed by atoms with Crippen molar-refractivity contribution in [1.82, 2.24) is 5.32 Å². The van der Waals surface area contributed by atoms with Crippen LogP contribution in [0, 0.1) is 0 Å². The summed E-state index contributed by atoms with van der Waals surface area (Å²) in [7, 11) is 0. The molecule has 1 nitrogen and oxygen atoms in total. The molecule has 0 spiro atoms. The molecule has 4 heteroatoms. The van der Waals surface area contributed by atoms with Crippen LogP contribution in [0.25, 0.3) is 0 Å². The zero-order valence-corrected chi connectivity index (χ0v) is 12.0. The van der Waals surface area contributed by atoms with Crippen LogP contribution in [0.5, 0.6) is 0 Å². The summed E-state index contributed by atoms with van der Waals surface area (Å²) < 4.78 is 0. The Labute approximate surface area is 117 Å². The van der Waals surface area contributed by atoms with E-state index in [-0.39, 0.29) is 0 Å². The second-order valence-corrected chi connectivity index (χ2v) is 6.61. The maximum atomic E-state index is 6.12. The molecule has 1 unspecified atom stereocenters. The van der Waals surface area contributed by atoms with Crippen molar-refractivity contribution in [2.24, 2.45) is 0 Å². The van der Waals surface area contributed by atoms with Crippen molar-refractivity contribution in [2.75, 3.05) is 12.3 Å². The molecule has 1 saturated heterocycles. The van der Waals surface area contributed by atoms with Gasteiger partial charge in [0.1, 0.15) is 0 Å². The van der Waals surface area contributed by atoms with Crippen LogP contribution in [-0.2, 0) is 6.54 Å². The fraction of sp³-hybridized carbons (Fsp3) is 0.538. The topological polar surface area (TPSA) is 12.0 Å². The molecule has 1 aromatic rings. The van der Waals surface area contributed by atoms with Gasteiger partial charge in [-0.25, -0.2) is 0 Å². The van der Waals surface area contributed by atoms with Crippen molar-refractivity contribution in [2.45, 2.75) is 31.1 Å². The van der Waals surface area contributed by atoms with Crippen molar-refractivity contribution in [1.29, 1.82) is 0 Å². The number of thioether (sulfide) groups is 1. The lowest BCUT2D eigenvalue weighted by molar-refractivity contribution is 0.598. The van der Waals surface area contributed by atoms with Gasteiger partial charge in [-0.3, -0.25) is 0 Å². The summed E-state index contributed by atoms with van der Waals surface area (Å²) in [6, 6.07) is 5.68. The highest BCUT2D eigenvalue weighted by Crippen LogP contribution is 2.25. The molecule has 1 N–H and O–H groups in total. The molecule has 1 atom stereocenters. The minimum Gasteiger partial charge on any atom is -0.312 e. The SMILES string of the molecule is Clc1ccc(CNCC2CCCCS2)c(Cl)c1. The Kier molecular flexibility index (Phi) is 5.49. The minimum absolute atomic E-state index is 0.696. The third-order valence-electron chi connectivity index (χ3n) is 2.98. The summed E-state index contributed by atoms with van der Waals surface area (Å²) >= 11 is 14.1. The van der Waals surface area contributed by atoms with E-state index in [1.165, 1.54) is 25.0 Å². The smallest absolute Gasteiger partial charge is 0.0465 e. The van der Waals surface area contributed by atoms with Crippen LogP contribution in [0.4, 0.5) is 0 Å². The Morgan fingerprint density at radius 3 is 2.88 bits per heavy atom. The lowest BCUT2D eigenvalue weighted by atomic mass is 10.2. The van der Waals surface area contributed by atoms with Gasteiger partial charge in [-0.1, -0.05) is 35.7 Å². The quantitative estimate of drug-likeness (QED) is 0.883. The molecule has 0 aliphatic carbocycles. The Bertz CT molecular complexity index is 364. The number of hydrogen-bond acceptors (Lipinski definition) is 2. The first-order valence-corrected chi connectivity index (χ1v) is 7.82. The lowest BCUT2D eigenvalue weighted by Gasteiger charge is -2.21.